The van der Waals surface area contributed by atoms with Gasteiger partial charge in [-0.3, -0.25) is 4.79 Å². The zero-order chi connectivity index (χ0) is 16.2. The van der Waals surface area contributed by atoms with Crippen LogP contribution in [0.3, 0.4) is 0 Å². The molecule has 7 nitrogen and oxygen atoms in total. The van der Waals surface area contributed by atoms with E-state index in [0.717, 1.165) is 50.7 Å². The topological polar surface area (TPSA) is 74.2 Å². The summed E-state index contributed by atoms with van der Waals surface area (Å²) < 4.78 is 0. The van der Waals surface area contributed by atoms with Crippen LogP contribution in [-0.2, 0) is 0 Å². The van der Waals surface area contributed by atoms with Gasteiger partial charge < -0.3 is 15.1 Å². The molecule has 1 fully saturated rings. The number of likely N-dealkylation sites (N-methyl/N-ethyl adjacent to an activating group) is 1. The molecule has 0 radical (unpaired) electrons. The second-order valence-electron chi connectivity index (χ2n) is 5.39. The first-order valence-corrected chi connectivity index (χ1v) is 8.50. The molecular formula is C15H20N6OS. The highest BCUT2D eigenvalue weighted by Crippen LogP contribution is 2.23. The van der Waals surface area contributed by atoms with Gasteiger partial charge in [0.05, 0.1) is 11.1 Å². The Labute approximate surface area is 139 Å². The van der Waals surface area contributed by atoms with Crippen LogP contribution in [0.4, 0.5) is 16.8 Å². The van der Waals surface area contributed by atoms with E-state index in [-0.39, 0.29) is 0 Å². The normalized spacial score (nSPS) is 15.7. The molecule has 0 aromatic carbocycles. The number of nitrogens with zero attached hydrogens (tertiary/aromatic N) is 5. The molecule has 8 heteroatoms. The van der Waals surface area contributed by atoms with Crippen molar-refractivity contribution < 1.29 is 4.79 Å². The number of carbonyl (C=O) groups excluding carboxylic acids is 1. The lowest BCUT2D eigenvalue weighted by molar-refractivity contribution is 0.112. The van der Waals surface area contributed by atoms with Crippen LogP contribution in [0.2, 0.25) is 0 Å². The van der Waals surface area contributed by atoms with Gasteiger partial charge in [0.2, 0.25) is 0 Å². The fourth-order valence-corrected chi connectivity index (χ4v) is 3.22. The van der Waals surface area contributed by atoms with Gasteiger partial charge in [-0.05, 0) is 13.5 Å². The van der Waals surface area contributed by atoms with Gasteiger partial charge in [0.1, 0.15) is 17.5 Å². The lowest BCUT2D eigenvalue weighted by Crippen LogP contribution is -2.46. The quantitative estimate of drug-likeness (QED) is 0.839. The van der Waals surface area contributed by atoms with Crippen molar-refractivity contribution >= 4 is 34.4 Å². The lowest BCUT2D eigenvalue weighted by Gasteiger charge is -2.34. The van der Waals surface area contributed by atoms with Crippen LogP contribution in [0, 0.1) is 6.92 Å². The molecule has 1 N–H and O–H groups in total. The molecule has 2 aromatic rings. The van der Waals surface area contributed by atoms with Crippen molar-refractivity contribution in [1.29, 1.82) is 0 Å². The van der Waals surface area contributed by atoms with E-state index >= 15 is 0 Å². The molecule has 3 heterocycles. The van der Waals surface area contributed by atoms with Crippen molar-refractivity contribution in [2.45, 2.75) is 13.8 Å². The highest BCUT2D eigenvalue weighted by Gasteiger charge is 2.18. The van der Waals surface area contributed by atoms with Crippen molar-refractivity contribution in [1.82, 2.24) is 19.9 Å². The van der Waals surface area contributed by atoms with E-state index in [1.807, 2.05) is 13.0 Å². The molecule has 23 heavy (non-hydrogen) atoms. The standard InChI is InChI=1S/C15H20N6OS/c1-3-20-4-6-21(7-5-20)14-8-13(17-11(2)18-14)19-15-16-9-12(10-22)23-15/h8-10H,3-7H2,1-2H3,(H,16,17,18,19). The van der Waals surface area contributed by atoms with Gasteiger partial charge in [-0.15, -0.1) is 0 Å². The highest BCUT2D eigenvalue weighted by molar-refractivity contribution is 7.17. The number of thiazole rings is 1. The third-order valence-electron chi connectivity index (χ3n) is 3.84. The van der Waals surface area contributed by atoms with Crippen molar-refractivity contribution in [3.05, 3.63) is 23.0 Å². The Morgan fingerprint density at radius 1 is 1.30 bits per heavy atom. The third kappa shape index (κ3) is 3.83. The molecule has 0 bridgehead atoms. The van der Waals surface area contributed by atoms with Crippen LogP contribution >= 0.6 is 11.3 Å². The molecule has 1 saturated heterocycles. The molecule has 0 unspecified atom stereocenters. The van der Waals surface area contributed by atoms with Crippen LogP contribution in [0.15, 0.2) is 12.3 Å². The number of anilines is 3. The Kier molecular flexibility index (Phi) is 4.82. The monoisotopic (exact) mass is 332 g/mol. The lowest BCUT2D eigenvalue weighted by atomic mass is 10.3. The van der Waals surface area contributed by atoms with E-state index in [9.17, 15) is 4.79 Å². The van der Waals surface area contributed by atoms with Crippen molar-refractivity contribution in [2.24, 2.45) is 0 Å². The van der Waals surface area contributed by atoms with Crippen molar-refractivity contribution in [3.63, 3.8) is 0 Å². The minimum Gasteiger partial charge on any atom is -0.354 e. The predicted octanol–water partition coefficient (Wildman–Crippen LogP) is 1.94. The maximum Gasteiger partial charge on any atom is 0.188 e. The van der Waals surface area contributed by atoms with Gasteiger partial charge in [-0.1, -0.05) is 18.3 Å². The van der Waals surface area contributed by atoms with Gasteiger partial charge in [0.25, 0.3) is 0 Å². The molecule has 0 atom stereocenters. The number of aromatic nitrogens is 3. The highest BCUT2D eigenvalue weighted by atomic mass is 32.1. The minimum atomic E-state index is 0.592. The molecule has 0 aliphatic carbocycles. The molecular weight excluding hydrogens is 312 g/mol. The summed E-state index contributed by atoms with van der Waals surface area (Å²) in [5.74, 6) is 2.36. The Morgan fingerprint density at radius 3 is 2.74 bits per heavy atom. The number of aryl methyl sites for hydroxylation is 1. The fourth-order valence-electron chi connectivity index (χ4n) is 2.58. The Morgan fingerprint density at radius 2 is 2.09 bits per heavy atom. The maximum absolute atomic E-state index is 10.7. The molecule has 3 rings (SSSR count). The van der Waals surface area contributed by atoms with E-state index in [2.05, 4.69) is 37.0 Å². The van der Waals surface area contributed by atoms with Crippen molar-refractivity contribution in [3.8, 4) is 0 Å². The van der Waals surface area contributed by atoms with Crippen LogP contribution in [0.1, 0.15) is 22.4 Å². The Hall–Kier alpha value is -2.06. The van der Waals surface area contributed by atoms with Crippen LogP contribution in [0.5, 0.6) is 0 Å². The summed E-state index contributed by atoms with van der Waals surface area (Å²) in [6.07, 6.45) is 2.35. The van der Waals surface area contributed by atoms with Crippen molar-refractivity contribution in [2.75, 3.05) is 42.9 Å². The molecule has 122 valence electrons. The first kappa shape index (κ1) is 15.8. The number of carbonyl (C=O) groups is 1. The number of piperazine rings is 1. The van der Waals surface area contributed by atoms with Gasteiger partial charge in [0, 0.05) is 32.2 Å². The predicted molar refractivity (Wildman–Crippen MR) is 91.9 cm³/mol. The number of aldehydes is 1. The summed E-state index contributed by atoms with van der Waals surface area (Å²) in [6.45, 7) is 9.21. The molecule has 2 aromatic heterocycles. The van der Waals surface area contributed by atoms with Gasteiger partial charge in [0.15, 0.2) is 11.4 Å². The first-order valence-electron chi connectivity index (χ1n) is 7.69. The molecule has 0 spiro atoms. The van der Waals surface area contributed by atoms with E-state index in [1.54, 1.807) is 6.20 Å². The zero-order valence-corrected chi connectivity index (χ0v) is 14.1. The van der Waals surface area contributed by atoms with Gasteiger partial charge >= 0.3 is 0 Å². The smallest absolute Gasteiger partial charge is 0.188 e. The second kappa shape index (κ2) is 7.01. The van der Waals surface area contributed by atoms with E-state index < -0.39 is 0 Å². The summed E-state index contributed by atoms with van der Waals surface area (Å²) in [4.78, 5) is 29.2. The van der Waals surface area contributed by atoms with Crippen LogP contribution in [-0.4, -0.2) is 58.9 Å². The average molecular weight is 332 g/mol. The largest absolute Gasteiger partial charge is 0.354 e. The van der Waals surface area contributed by atoms with E-state index in [1.165, 1.54) is 11.3 Å². The average Bonchev–Trinajstić information content (AvgIpc) is 3.02. The summed E-state index contributed by atoms with van der Waals surface area (Å²) in [7, 11) is 0. The number of rotatable bonds is 5. The van der Waals surface area contributed by atoms with E-state index in [4.69, 9.17) is 0 Å². The summed E-state index contributed by atoms with van der Waals surface area (Å²) in [6, 6.07) is 1.94. The summed E-state index contributed by atoms with van der Waals surface area (Å²) >= 11 is 1.31. The Balaban J connectivity index is 1.75. The third-order valence-corrected chi connectivity index (χ3v) is 4.68. The number of hydrogen-bond donors (Lipinski definition) is 1. The first-order chi connectivity index (χ1) is 11.2. The molecule has 0 saturated carbocycles. The summed E-state index contributed by atoms with van der Waals surface area (Å²) in [5, 5.41) is 3.82. The van der Waals surface area contributed by atoms with Gasteiger partial charge in [-0.2, -0.15) is 0 Å². The Bertz CT molecular complexity index is 680. The summed E-state index contributed by atoms with van der Waals surface area (Å²) in [5.41, 5.74) is 0. The van der Waals surface area contributed by atoms with Crippen LogP contribution in [0.25, 0.3) is 0 Å². The maximum atomic E-state index is 10.7. The molecule has 1 aliphatic rings. The number of nitrogens with one attached hydrogen (secondary N) is 1. The number of hydrogen-bond acceptors (Lipinski definition) is 8. The van der Waals surface area contributed by atoms with Crippen LogP contribution < -0.4 is 10.2 Å². The second-order valence-corrected chi connectivity index (χ2v) is 6.45. The zero-order valence-electron chi connectivity index (χ0n) is 13.3. The minimum absolute atomic E-state index is 0.592. The molecule has 0 amide bonds. The SMILES string of the molecule is CCN1CCN(c2cc(Nc3ncc(C=O)s3)nc(C)n2)CC1. The van der Waals surface area contributed by atoms with Gasteiger partial charge in [-0.25, -0.2) is 15.0 Å². The van der Waals surface area contributed by atoms with E-state index in [0.29, 0.717) is 15.8 Å². The molecule has 1 aliphatic heterocycles. The fraction of sp³-hybridized carbons (Fsp3) is 0.467.